The van der Waals surface area contributed by atoms with E-state index in [9.17, 15) is 0 Å². The molecule has 0 saturated carbocycles. The molecule has 10 aromatic rings. The summed E-state index contributed by atoms with van der Waals surface area (Å²) in [4.78, 5) is 15.1. The van der Waals surface area contributed by atoms with Gasteiger partial charge in [0, 0.05) is 55.8 Å². The molecule has 10 rings (SSSR count). The Bertz CT molecular complexity index is 2850. The number of nitrogens with zero attached hydrogens (tertiary/aromatic N) is 5. The van der Waals surface area contributed by atoms with E-state index in [-0.39, 0.29) is 0 Å². The molecule has 0 N–H and O–H groups in total. The van der Waals surface area contributed by atoms with Gasteiger partial charge in [0.25, 0.3) is 0 Å². The number of hydrogen-bond acceptors (Lipinski definition) is 3. The summed E-state index contributed by atoms with van der Waals surface area (Å²) in [5, 5.41) is 6.05. The molecule has 0 saturated heterocycles. The number of hydrogen-bond donors (Lipinski definition) is 0. The van der Waals surface area contributed by atoms with Crippen LogP contribution in [0.25, 0.3) is 89.0 Å². The van der Waals surface area contributed by atoms with E-state index in [1.165, 1.54) is 38.0 Å². The fourth-order valence-electron chi connectivity index (χ4n) is 7.46. The highest BCUT2D eigenvalue weighted by Crippen LogP contribution is 2.39. The number of aryl methyl sites for hydroxylation is 1. The Kier molecular flexibility index (Phi) is 6.64. The van der Waals surface area contributed by atoms with E-state index in [2.05, 4.69) is 125 Å². The van der Waals surface area contributed by atoms with Gasteiger partial charge in [-0.3, -0.25) is 0 Å². The molecule has 5 nitrogen and oxygen atoms in total. The zero-order valence-electron chi connectivity index (χ0n) is 27.9. The van der Waals surface area contributed by atoms with E-state index in [0.717, 1.165) is 39.1 Å². The van der Waals surface area contributed by atoms with Crippen molar-refractivity contribution in [1.82, 2.24) is 24.1 Å². The van der Waals surface area contributed by atoms with Crippen LogP contribution in [0.1, 0.15) is 5.56 Å². The first-order valence-corrected chi connectivity index (χ1v) is 17.2. The maximum Gasteiger partial charge on any atom is 0.164 e. The van der Waals surface area contributed by atoms with Gasteiger partial charge in [-0.2, -0.15) is 0 Å². The van der Waals surface area contributed by atoms with E-state index in [4.69, 9.17) is 15.0 Å². The topological polar surface area (TPSA) is 48.5 Å². The predicted molar refractivity (Wildman–Crippen MR) is 210 cm³/mol. The van der Waals surface area contributed by atoms with Crippen LogP contribution in [0.2, 0.25) is 0 Å². The van der Waals surface area contributed by atoms with E-state index in [1.807, 2.05) is 60.7 Å². The molecule has 0 spiro atoms. The number of rotatable bonds is 5. The Labute approximate surface area is 294 Å². The van der Waals surface area contributed by atoms with Crippen LogP contribution in [-0.4, -0.2) is 24.1 Å². The molecule has 3 heterocycles. The standard InChI is InChI=1S/C46H31N5/c1-30-25-35(46-48-44(31-13-5-2-6-14-31)47-45(49-46)32-15-7-3-8-16-32)28-37(26-30)51-41-20-12-11-19-38(41)39-22-21-33-27-34-23-24-50(36-17-9-4-10-18-36)42(34)29-40(33)43(39)51/h2-29H,1H3. The van der Waals surface area contributed by atoms with Crippen molar-refractivity contribution >= 4 is 43.5 Å². The molecule has 0 aliphatic carbocycles. The molecule has 240 valence electrons. The van der Waals surface area contributed by atoms with Crippen LogP contribution in [0.15, 0.2) is 170 Å². The lowest BCUT2D eigenvalue weighted by atomic mass is 10.0. The molecular weight excluding hydrogens is 623 g/mol. The fourth-order valence-corrected chi connectivity index (χ4v) is 7.46. The highest BCUT2D eigenvalue weighted by molar-refractivity contribution is 6.20. The van der Waals surface area contributed by atoms with Crippen LogP contribution in [0, 0.1) is 6.92 Å². The third-order valence-corrected chi connectivity index (χ3v) is 9.77. The zero-order chi connectivity index (χ0) is 33.9. The van der Waals surface area contributed by atoms with E-state index in [0.29, 0.717) is 17.5 Å². The predicted octanol–water partition coefficient (Wildman–Crippen LogP) is 11.4. The molecule has 3 aromatic heterocycles. The van der Waals surface area contributed by atoms with E-state index < -0.39 is 0 Å². The average Bonchev–Trinajstić information content (AvgIpc) is 3.77. The molecule has 51 heavy (non-hydrogen) atoms. The molecule has 0 bridgehead atoms. The van der Waals surface area contributed by atoms with E-state index >= 15 is 0 Å². The van der Waals surface area contributed by atoms with E-state index in [1.54, 1.807) is 0 Å². The summed E-state index contributed by atoms with van der Waals surface area (Å²) in [6.07, 6.45) is 2.17. The minimum Gasteiger partial charge on any atom is -0.317 e. The minimum atomic E-state index is 0.640. The summed E-state index contributed by atoms with van der Waals surface area (Å²) in [5.41, 5.74) is 9.67. The SMILES string of the molecule is Cc1cc(-c2nc(-c3ccccc3)nc(-c3ccccc3)n2)cc(-n2c3ccccc3c3ccc4cc5ccn(-c6ccccc6)c5cc4c32)c1. The van der Waals surface area contributed by atoms with Gasteiger partial charge in [0.1, 0.15) is 0 Å². The van der Waals surface area contributed by atoms with Crippen LogP contribution >= 0.6 is 0 Å². The van der Waals surface area contributed by atoms with Gasteiger partial charge in [-0.1, -0.05) is 109 Å². The number of fused-ring (bicyclic) bond motifs is 6. The van der Waals surface area contributed by atoms with Crippen molar-refractivity contribution in [1.29, 1.82) is 0 Å². The molecule has 0 atom stereocenters. The Hall–Kier alpha value is -6.85. The first-order chi connectivity index (χ1) is 25.2. The number of aromatic nitrogens is 5. The van der Waals surface area contributed by atoms with Crippen molar-refractivity contribution in [3.8, 4) is 45.5 Å². The van der Waals surface area contributed by atoms with Gasteiger partial charge < -0.3 is 9.13 Å². The molecule has 0 aliphatic heterocycles. The smallest absolute Gasteiger partial charge is 0.164 e. The number of benzene rings is 7. The summed E-state index contributed by atoms with van der Waals surface area (Å²) >= 11 is 0. The highest BCUT2D eigenvalue weighted by Gasteiger charge is 2.19. The van der Waals surface area contributed by atoms with Crippen molar-refractivity contribution in [2.24, 2.45) is 0 Å². The van der Waals surface area contributed by atoms with Crippen LogP contribution in [0.3, 0.4) is 0 Å². The van der Waals surface area contributed by atoms with Gasteiger partial charge in [0.2, 0.25) is 0 Å². The van der Waals surface area contributed by atoms with Crippen molar-refractivity contribution in [2.45, 2.75) is 6.92 Å². The fraction of sp³-hybridized carbons (Fsp3) is 0.0217. The quantitative estimate of drug-likeness (QED) is 0.186. The van der Waals surface area contributed by atoms with Crippen LogP contribution in [0.5, 0.6) is 0 Å². The highest BCUT2D eigenvalue weighted by atomic mass is 15.0. The Morgan fingerprint density at radius 3 is 1.75 bits per heavy atom. The third kappa shape index (κ3) is 4.90. The second kappa shape index (κ2) is 11.6. The van der Waals surface area contributed by atoms with Crippen LogP contribution < -0.4 is 0 Å². The maximum atomic E-state index is 5.07. The summed E-state index contributed by atoms with van der Waals surface area (Å²) in [7, 11) is 0. The lowest BCUT2D eigenvalue weighted by Gasteiger charge is -2.14. The first-order valence-electron chi connectivity index (χ1n) is 17.2. The molecule has 0 fully saturated rings. The molecular formula is C46H31N5. The minimum absolute atomic E-state index is 0.640. The molecule has 0 amide bonds. The molecule has 0 radical (unpaired) electrons. The van der Waals surface area contributed by atoms with Gasteiger partial charge in [-0.15, -0.1) is 0 Å². The van der Waals surface area contributed by atoms with Crippen molar-refractivity contribution in [3.63, 3.8) is 0 Å². The molecule has 7 aromatic carbocycles. The molecule has 0 aliphatic rings. The summed E-state index contributed by atoms with van der Waals surface area (Å²) in [6.45, 7) is 2.15. The zero-order valence-corrected chi connectivity index (χ0v) is 27.9. The van der Waals surface area contributed by atoms with Gasteiger partial charge in [-0.25, -0.2) is 15.0 Å². The monoisotopic (exact) mass is 653 g/mol. The third-order valence-electron chi connectivity index (χ3n) is 9.77. The van der Waals surface area contributed by atoms with Gasteiger partial charge in [-0.05, 0) is 72.5 Å². The Balaban J connectivity index is 1.23. The average molecular weight is 654 g/mol. The lowest BCUT2D eigenvalue weighted by molar-refractivity contribution is 1.07. The lowest BCUT2D eigenvalue weighted by Crippen LogP contribution is -2.02. The van der Waals surface area contributed by atoms with Gasteiger partial charge in [0.15, 0.2) is 17.5 Å². The van der Waals surface area contributed by atoms with Gasteiger partial charge in [0.05, 0.1) is 16.6 Å². The largest absolute Gasteiger partial charge is 0.317 e. The van der Waals surface area contributed by atoms with Crippen molar-refractivity contribution < 1.29 is 0 Å². The number of para-hydroxylation sites is 2. The van der Waals surface area contributed by atoms with Gasteiger partial charge >= 0.3 is 0 Å². The normalized spacial score (nSPS) is 11.6. The molecule has 0 unspecified atom stereocenters. The van der Waals surface area contributed by atoms with Crippen LogP contribution in [0.4, 0.5) is 0 Å². The summed E-state index contributed by atoms with van der Waals surface area (Å²) < 4.78 is 4.70. The second-order valence-corrected chi connectivity index (χ2v) is 13.1. The Morgan fingerprint density at radius 1 is 0.412 bits per heavy atom. The first kappa shape index (κ1) is 29.1. The van der Waals surface area contributed by atoms with Crippen LogP contribution in [-0.2, 0) is 0 Å². The second-order valence-electron chi connectivity index (χ2n) is 13.1. The van der Waals surface area contributed by atoms with Crippen molar-refractivity contribution in [2.75, 3.05) is 0 Å². The molecule has 5 heteroatoms. The Morgan fingerprint density at radius 2 is 1.04 bits per heavy atom. The summed E-state index contributed by atoms with van der Waals surface area (Å²) in [6, 6.07) is 57.6. The maximum absolute atomic E-state index is 5.07. The van der Waals surface area contributed by atoms with Crippen molar-refractivity contribution in [3.05, 3.63) is 176 Å². The summed E-state index contributed by atoms with van der Waals surface area (Å²) in [5.74, 6) is 1.94.